The zero-order valence-corrected chi connectivity index (χ0v) is 17.1. The summed E-state index contributed by atoms with van der Waals surface area (Å²) < 4.78 is 11.7. The largest absolute Gasteiger partial charge is 0.496 e. The van der Waals surface area contributed by atoms with Crippen molar-refractivity contribution >= 4 is 28.5 Å². The number of H-pyrrole nitrogens is 1. The van der Waals surface area contributed by atoms with Gasteiger partial charge < -0.3 is 19.6 Å². The Morgan fingerprint density at radius 3 is 2.69 bits per heavy atom. The van der Waals surface area contributed by atoms with Crippen LogP contribution in [0.5, 0.6) is 11.5 Å². The van der Waals surface area contributed by atoms with Gasteiger partial charge in [0, 0.05) is 21.5 Å². The highest BCUT2D eigenvalue weighted by molar-refractivity contribution is 6.31. The topological polar surface area (TPSA) is 71.5 Å². The number of aromatic amines is 1. The van der Waals surface area contributed by atoms with Crippen LogP contribution in [-0.2, 0) is 11.2 Å². The molecule has 0 saturated heterocycles. The molecule has 1 saturated carbocycles. The van der Waals surface area contributed by atoms with Crippen LogP contribution >= 0.6 is 11.6 Å². The minimum absolute atomic E-state index is 0.113. The van der Waals surface area contributed by atoms with E-state index < -0.39 is 5.97 Å². The zero-order chi connectivity index (χ0) is 20.4. The summed E-state index contributed by atoms with van der Waals surface area (Å²) in [5, 5.41) is 10.9. The molecule has 2 aromatic carbocycles. The molecule has 0 atom stereocenters. The van der Waals surface area contributed by atoms with Gasteiger partial charge in [-0.15, -0.1) is 0 Å². The first-order chi connectivity index (χ1) is 14.0. The van der Waals surface area contributed by atoms with Crippen molar-refractivity contribution < 1.29 is 19.4 Å². The number of hydrogen-bond acceptors (Lipinski definition) is 3. The maximum Gasteiger partial charge on any atom is 0.307 e. The number of carbonyl (C=O) groups is 1. The van der Waals surface area contributed by atoms with Gasteiger partial charge >= 0.3 is 5.97 Å². The van der Waals surface area contributed by atoms with Gasteiger partial charge in [0.1, 0.15) is 11.5 Å². The van der Waals surface area contributed by atoms with E-state index in [4.69, 9.17) is 21.1 Å². The minimum atomic E-state index is -0.897. The van der Waals surface area contributed by atoms with E-state index in [9.17, 15) is 9.90 Å². The second-order valence-electron chi connectivity index (χ2n) is 7.48. The van der Waals surface area contributed by atoms with E-state index >= 15 is 0 Å². The van der Waals surface area contributed by atoms with Crippen LogP contribution in [0.1, 0.15) is 37.7 Å². The molecule has 0 aliphatic heterocycles. The SMILES string of the molecule is COc1ccc(Cl)cc1-c1[nH]c2ccc(OC3CCCCC3)cc2c1CC(=O)O. The van der Waals surface area contributed by atoms with E-state index in [1.165, 1.54) is 19.3 Å². The van der Waals surface area contributed by atoms with Crippen molar-refractivity contribution in [2.45, 2.75) is 44.6 Å². The van der Waals surface area contributed by atoms with Gasteiger partial charge in [0.25, 0.3) is 0 Å². The van der Waals surface area contributed by atoms with Crippen molar-refractivity contribution in [3.05, 3.63) is 47.0 Å². The third kappa shape index (κ3) is 4.20. The van der Waals surface area contributed by atoms with Crippen LogP contribution in [0, 0.1) is 0 Å². The van der Waals surface area contributed by atoms with Crippen molar-refractivity contribution in [2.75, 3.05) is 7.11 Å². The molecule has 0 bridgehead atoms. The number of aliphatic carboxylic acids is 1. The molecule has 1 aromatic heterocycles. The van der Waals surface area contributed by atoms with Crippen molar-refractivity contribution in [1.29, 1.82) is 0 Å². The van der Waals surface area contributed by atoms with E-state index in [0.717, 1.165) is 35.1 Å². The highest BCUT2D eigenvalue weighted by Gasteiger charge is 2.20. The van der Waals surface area contributed by atoms with Crippen LogP contribution in [0.4, 0.5) is 0 Å². The number of rotatable bonds is 6. The highest BCUT2D eigenvalue weighted by atomic mass is 35.5. The van der Waals surface area contributed by atoms with Crippen LogP contribution < -0.4 is 9.47 Å². The lowest BCUT2D eigenvalue weighted by atomic mass is 9.97. The number of fused-ring (bicyclic) bond motifs is 1. The lowest BCUT2D eigenvalue weighted by Gasteiger charge is -2.23. The molecule has 0 unspecified atom stereocenters. The summed E-state index contributed by atoms with van der Waals surface area (Å²) in [6.07, 6.45) is 5.91. The molecule has 2 N–H and O–H groups in total. The van der Waals surface area contributed by atoms with E-state index in [2.05, 4.69) is 4.98 Å². The Balaban J connectivity index is 1.80. The lowest BCUT2D eigenvalue weighted by Crippen LogP contribution is -2.19. The molecule has 152 valence electrons. The number of halogens is 1. The lowest BCUT2D eigenvalue weighted by molar-refractivity contribution is -0.136. The molecule has 0 radical (unpaired) electrons. The quantitative estimate of drug-likeness (QED) is 0.532. The second-order valence-corrected chi connectivity index (χ2v) is 7.92. The third-order valence-corrected chi connectivity index (χ3v) is 5.73. The summed E-state index contributed by atoms with van der Waals surface area (Å²) in [5.41, 5.74) is 3.00. The molecule has 0 spiro atoms. The number of methoxy groups -OCH3 is 1. The predicted octanol–water partition coefficient (Wildman–Crippen LogP) is 5.84. The number of carboxylic acid groups (broad SMARTS) is 1. The van der Waals surface area contributed by atoms with Gasteiger partial charge in [-0.05, 0) is 67.6 Å². The molecule has 0 amide bonds. The summed E-state index contributed by atoms with van der Waals surface area (Å²) in [7, 11) is 1.59. The van der Waals surface area contributed by atoms with Crippen molar-refractivity contribution in [3.63, 3.8) is 0 Å². The highest BCUT2D eigenvalue weighted by Crippen LogP contribution is 2.39. The number of aromatic nitrogens is 1. The summed E-state index contributed by atoms with van der Waals surface area (Å²) in [6, 6.07) is 11.1. The number of nitrogens with one attached hydrogen (secondary N) is 1. The molecule has 1 aliphatic rings. The Morgan fingerprint density at radius 2 is 1.97 bits per heavy atom. The van der Waals surface area contributed by atoms with Gasteiger partial charge in [-0.1, -0.05) is 18.0 Å². The molecule has 6 heteroatoms. The maximum atomic E-state index is 11.6. The van der Waals surface area contributed by atoms with Gasteiger partial charge in [-0.25, -0.2) is 0 Å². The van der Waals surface area contributed by atoms with Gasteiger partial charge in [0.05, 0.1) is 25.3 Å². The fourth-order valence-corrected chi connectivity index (χ4v) is 4.29. The molecular formula is C23H24ClNO4. The summed E-state index contributed by atoms with van der Waals surface area (Å²) >= 11 is 6.21. The van der Waals surface area contributed by atoms with E-state index in [1.54, 1.807) is 25.3 Å². The maximum absolute atomic E-state index is 11.6. The smallest absolute Gasteiger partial charge is 0.307 e. The molecule has 1 fully saturated rings. The molecular weight excluding hydrogens is 390 g/mol. The van der Waals surface area contributed by atoms with Gasteiger partial charge in [-0.3, -0.25) is 4.79 Å². The van der Waals surface area contributed by atoms with E-state index in [-0.39, 0.29) is 12.5 Å². The van der Waals surface area contributed by atoms with E-state index in [0.29, 0.717) is 22.0 Å². The van der Waals surface area contributed by atoms with Crippen LogP contribution in [-0.4, -0.2) is 29.3 Å². The first kappa shape index (κ1) is 19.6. The summed E-state index contributed by atoms with van der Waals surface area (Å²) in [6.45, 7) is 0. The summed E-state index contributed by atoms with van der Waals surface area (Å²) in [4.78, 5) is 15.0. The molecule has 1 aliphatic carbocycles. The van der Waals surface area contributed by atoms with Crippen molar-refractivity contribution in [2.24, 2.45) is 0 Å². The first-order valence-electron chi connectivity index (χ1n) is 9.92. The molecule has 4 rings (SSSR count). The standard InChI is InChI=1S/C23H24ClNO4/c1-28-21-10-7-14(24)11-19(21)23-18(13-22(26)27)17-12-16(8-9-20(17)25-23)29-15-5-3-2-4-6-15/h7-12,15,25H,2-6,13H2,1H3,(H,26,27). The second kappa shape index (κ2) is 8.37. The molecule has 29 heavy (non-hydrogen) atoms. The zero-order valence-electron chi connectivity index (χ0n) is 16.3. The average molecular weight is 414 g/mol. The summed E-state index contributed by atoms with van der Waals surface area (Å²) in [5.74, 6) is 0.512. The van der Waals surface area contributed by atoms with E-state index in [1.807, 2.05) is 18.2 Å². The molecule has 1 heterocycles. The minimum Gasteiger partial charge on any atom is -0.496 e. The van der Waals surface area contributed by atoms with Crippen LogP contribution in [0.25, 0.3) is 22.2 Å². The fraction of sp³-hybridized carbons (Fsp3) is 0.348. The van der Waals surface area contributed by atoms with Gasteiger partial charge in [-0.2, -0.15) is 0 Å². The number of ether oxygens (including phenoxy) is 2. The van der Waals surface area contributed by atoms with Crippen molar-refractivity contribution in [1.82, 2.24) is 4.98 Å². The van der Waals surface area contributed by atoms with Crippen LogP contribution in [0.3, 0.4) is 0 Å². The first-order valence-corrected chi connectivity index (χ1v) is 10.3. The normalized spacial score (nSPS) is 14.8. The Bertz CT molecular complexity index is 1040. The number of carboxylic acids is 1. The van der Waals surface area contributed by atoms with Crippen LogP contribution in [0.2, 0.25) is 5.02 Å². The Hall–Kier alpha value is -2.66. The predicted molar refractivity (Wildman–Crippen MR) is 114 cm³/mol. The Kier molecular flexibility index (Phi) is 5.67. The molecule has 5 nitrogen and oxygen atoms in total. The van der Waals surface area contributed by atoms with Crippen LogP contribution in [0.15, 0.2) is 36.4 Å². The fourth-order valence-electron chi connectivity index (χ4n) is 4.12. The third-order valence-electron chi connectivity index (χ3n) is 5.49. The number of benzene rings is 2. The molecule has 3 aromatic rings. The average Bonchev–Trinajstić information content (AvgIpc) is 3.06. The Labute approximate surface area is 174 Å². The number of hydrogen-bond donors (Lipinski definition) is 2. The monoisotopic (exact) mass is 413 g/mol. The van der Waals surface area contributed by atoms with Crippen molar-refractivity contribution in [3.8, 4) is 22.8 Å². The van der Waals surface area contributed by atoms with Gasteiger partial charge in [0.2, 0.25) is 0 Å². The van der Waals surface area contributed by atoms with Gasteiger partial charge in [0.15, 0.2) is 0 Å². The Morgan fingerprint density at radius 1 is 1.17 bits per heavy atom.